The van der Waals surface area contributed by atoms with E-state index in [4.69, 9.17) is 0 Å². The number of hydrogen-bond acceptors (Lipinski definition) is 2. The Labute approximate surface area is 130 Å². The monoisotopic (exact) mass is 299 g/mol. The van der Waals surface area contributed by atoms with Gasteiger partial charge in [0.2, 0.25) is 5.91 Å². The van der Waals surface area contributed by atoms with Crippen LogP contribution in [0.4, 0.5) is 0 Å². The highest BCUT2D eigenvalue weighted by molar-refractivity contribution is 5.86. The lowest BCUT2D eigenvalue weighted by Gasteiger charge is -2.23. The van der Waals surface area contributed by atoms with E-state index < -0.39 is 17.8 Å². The molecule has 0 unspecified atom stereocenters. The van der Waals surface area contributed by atoms with Gasteiger partial charge in [-0.05, 0) is 36.7 Å². The molecular weight excluding hydrogens is 278 g/mol. The number of benzene rings is 1. The lowest BCUT2D eigenvalue weighted by molar-refractivity contribution is -0.147. The van der Waals surface area contributed by atoms with Gasteiger partial charge in [0.05, 0.1) is 11.8 Å². The van der Waals surface area contributed by atoms with Gasteiger partial charge in [-0.15, -0.1) is 0 Å². The Kier molecular flexibility index (Phi) is 4.27. The number of aryl methyl sites for hydroxylation is 1. The van der Waals surface area contributed by atoms with Gasteiger partial charge in [0, 0.05) is 6.54 Å². The van der Waals surface area contributed by atoms with Crippen LogP contribution in [-0.4, -0.2) is 23.5 Å². The molecule has 4 heteroatoms. The van der Waals surface area contributed by atoms with Gasteiger partial charge >= 0.3 is 5.97 Å². The van der Waals surface area contributed by atoms with E-state index in [-0.39, 0.29) is 17.7 Å². The highest BCUT2D eigenvalue weighted by atomic mass is 16.4. The lowest BCUT2D eigenvalue weighted by atomic mass is 9.82. The van der Waals surface area contributed by atoms with Crippen LogP contribution in [0.1, 0.15) is 18.4 Å². The van der Waals surface area contributed by atoms with Crippen LogP contribution in [0, 0.1) is 23.7 Å². The number of fused-ring (bicyclic) bond motifs is 2. The fraction of sp³-hybridized carbons (Fsp3) is 0.444. The summed E-state index contributed by atoms with van der Waals surface area (Å²) in [5, 5.41) is 12.3. The van der Waals surface area contributed by atoms with E-state index in [0.29, 0.717) is 6.54 Å². The SMILES string of the molecule is O=C(O)[C@H]1[C@H](C(=O)NCCCc2ccccc2)[C@H]2C=C[C@H]1C2. The van der Waals surface area contributed by atoms with E-state index in [1.807, 2.05) is 30.4 Å². The molecule has 0 aromatic heterocycles. The number of hydrogen-bond donors (Lipinski definition) is 2. The number of carbonyl (C=O) groups excluding carboxylic acids is 1. The molecule has 2 aliphatic carbocycles. The molecule has 1 aromatic carbocycles. The normalized spacial score (nSPS) is 28.7. The van der Waals surface area contributed by atoms with Crippen molar-refractivity contribution in [1.29, 1.82) is 0 Å². The first kappa shape index (κ1) is 14.8. The van der Waals surface area contributed by atoms with Crippen molar-refractivity contribution < 1.29 is 14.7 Å². The molecule has 2 aliphatic rings. The third kappa shape index (κ3) is 2.91. The van der Waals surface area contributed by atoms with Gasteiger partial charge in [-0.25, -0.2) is 0 Å². The van der Waals surface area contributed by atoms with Crippen molar-refractivity contribution >= 4 is 11.9 Å². The van der Waals surface area contributed by atoms with Gasteiger partial charge in [0.15, 0.2) is 0 Å². The molecule has 0 saturated heterocycles. The molecule has 0 heterocycles. The third-order valence-electron chi connectivity index (χ3n) is 4.83. The predicted molar refractivity (Wildman–Crippen MR) is 83.1 cm³/mol. The topological polar surface area (TPSA) is 66.4 Å². The molecule has 2 bridgehead atoms. The molecule has 22 heavy (non-hydrogen) atoms. The van der Waals surface area contributed by atoms with Crippen LogP contribution in [0.25, 0.3) is 0 Å². The Bertz CT molecular complexity index is 581. The number of allylic oxidation sites excluding steroid dienone is 2. The van der Waals surface area contributed by atoms with Crippen LogP contribution in [-0.2, 0) is 16.0 Å². The van der Waals surface area contributed by atoms with E-state index in [1.165, 1.54) is 5.56 Å². The van der Waals surface area contributed by atoms with Crippen LogP contribution in [0.3, 0.4) is 0 Å². The predicted octanol–water partition coefficient (Wildman–Crippen LogP) is 2.26. The minimum absolute atomic E-state index is 0.0302. The second-order valence-corrected chi connectivity index (χ2v) is 6.22. The van der Waals surface area contributed by atoms with Gasteiger partial charge in [-0.1, -0.05) is 42.5 Å². The number of carbonyl (C=O) groups is 2. The van der Waals surface area contributed by atoms with Crippen molar-refractivity contribution in [3.63, 3.8) is 0 Å². The van der Waals surface area contributed by atoms with E-state index >= 15 is 0 Å². The van der Waals surface area contributed by atoms with Crippen molar-refractivity contribution in [2.45, 2.75) is 19.3 Å². The summed E-state index contributed by atoms with van der Waals surface area (Å²) in [4.78, 5) is 23.8. The van der Waals surface area contributed by atoms with Crippen molar-refractivity contribution in [3.8, 4) is 0 Å². The highest BCUT2D eigenvalue weighted by Gasteiger charge is 2.51. The van der Waals surface area contributed by atoms with E-state index in [9.17, 15) is 14.7 Å². The maximum Gasteiger partial charge on any atom is 0.307 e. The largest absolute Gasteiger partial charge is 0.481 e. The van der Waals surface area contributed by atoms with Gasteiger partial charge in [0.1, 0.15) is 0 Å². The zero-order chi connectivity index (χ0) is 15.5. The van der Waals surface area contributed by atoms with Crippen LogP contribution in [0.15, 0.2) is 42.5 Å². The summed E-state index contributed by atoms with van der Waals surface area (Å²) in [5.41, 5.74) is 1.25. The number of carboxylic acids is 1. The molecule has 1 aromatic rings. The molecule has 1 fully saturated rings. The second kappa shape index (κ2) is 6.34. The zero-order valence-corrected chi connectivity index (χ0v) is 12.4. The zero-order valence-electron chi connectivity index (χ0n) is 12.4. The summed E-state index contributed by atoms with van der Waals surface area (Å²) < 4.78 is 0. The quantitative estimate of drug-likeness (QED) is 0.625. The first-order valence-electron chi connectivity index (χ1n) is 7.89. The van der Waals surface area contributed by atoms with Crippen LogP contribution in [0.5, 0.6) is 0 Å². The molecule has 0 radical (unpaired) electrons. The van der Waals surface area contributed by atoms with Crippen LogP contribution in [0.2, 0.25) is 0 Å². The number of carboxylic acid groups (broad SMARTS) is 1. The molecular formula is C18H21NO3. The second-order valence-electron chi connectivity index (χ2n) is 6.22. The third-order valence-corrected chi connectivity index (χ3v) is 4.83. The summed E-state index contributed by atoms with van der Waals surface area (Å²) in [6.07, 6.45) is 6.56. The van der Waals surface area contributed by atoms with Crippen molar-refractivity contribution in [3.05, 3.63) is 48.0 Å². The Morgan fingerprint density at radius 2 is 1.77 bits per heavy atom. The average Bonchev–Trinajstić information content (AvgIpc) is 3.13. The smallest absolute Gasteiger partial charge is 0.307 e. The molecule has 0 aliphatic heterocycles. The summed E-state index contributed by atoms with van der Waals surface area (Å²) in [5.74, 6) is -1.77. The summed E-state index contributed by atoms with van der Waals surface area (Å²) in [6.45, 7) is 0.595. The fourth-order valence-corrected chi connectivity index (χ4v) is 3.78. The van der Waals surface area contributed by atoms with Gasteiger partial charge in [0.25, 0.3) is 0 Å². The van der Waals surface area contributed by atoms with Crippen LogP contribution >= 0.6 is 0 Å². The minimum Gasteiger partial charge on any atom is -0.481 e. The van der Waals surface area contributed by atoms with Crippen molar-refractivity contribution in [1.82, 2.24) is 5.32 Å². The molecule has 1 amide bonds. The summed E-state index contributed by atoms with van der Waals surface area (Å²) >= 11 is 0. The number of amides is 1. The Hall–Kier alpha value is -2.10. The highest BCUT2D eigenvalue weighted by Crippen LogP contribution is 2.48. The first-order valence-corrected chi connectivity index (χ1v) is 7.89. The average molecular weight is 299 g/mol. The van der Waals surface area contributed by atoms with Gasteiger partial charge in [-0.3, -0.25) is 9.59 Å². The Morgan fingerprint density at radius 1 is 1.09 bits per heavy atom. The molecule has 3 rings (SSSR count). The van der Waals surface area contributed by atoms with Gasteiger partial charge in [-0.2, -0.15) is 0 Å². The first-order chi connectivity index (χ1) is 10.7. The molecule has 116 valence electrons. The molecule has 2 N–H and O–H groups in total. The number of nitrogens with one attached hydrogen (secondary N) is 1. The Morgan fingerprint density at radius 3 is 2.45 bits per heavy atom. The van der Waals surface area contributed by atoms with E-state index in [1.54, 1.807) is 0 Å². The fourth-order valence-electron chi connectivity index (χ4n) is 3.78. The van der Waals surface area contributed by atoms with E-state index in [0.717, 1.165) is 19.3 Å². The van der Waals surface area contributed by atoms with E-state index in [2.05, 4.69) is 17.4 Å². The molecule has 0 spiro atoms. The molecule has 4 nitrogen and oxygen atoms in total. The standard InChI is InChI=1S/C18H21NO3/c20-17(19-10-4-7-12-5-2-1-3-6-12)15-13-8-9-14(11-13)16(15)18(21)22/h1-3,5-6,8-9,13-16H,4,7,10-11H2,(H,19,20)(H,21,22)/t13-,14-,15+,16+/m0/s1. The van der Waals surface area contributed by atoms with Gasteiger partial charge < -0.3 is 10.4 Å². The maximum atomic E-state index is 12.4. The minimum atomic E-state index is -0.846. The van der Waals surface area contributed by atoms with Crippen molar-refractivity contribution in [2.24, 2.45) is 23.7 Å². The summed E-state index contributed by atoms with van der Waals surface area (Å²) in [6, 6.07) is 10.1. The number of rotatable bonds is 6. The van der Waals surface area contributed by atoms with Crippen LogP contribution < -0.4 is 5.32 Å². The lowest BCUT2D eigenvalue weighted by Crippen LogP contribution is -2.40. The molecule has 4 atom stereocenters. The maximum absolute atomic E-state index is 12.4. The Balaban J connectivity index is 1.50. The molecule has 1 saturated carbocycles. The summed E-state index contributed by atoms with van der Waals surface area (Å²) in [7, 11) is 0. The van der Waals surface area contributed by atoms with Crippen molar-refractivity contribution in [2.75, 3.05) is 6.54 Å². The number of aliphatic carboxylic acids is 1.